The number of ketones is 1. The smallest absolute Gasteiger partial charge is 0.337 e. The number of carbonyl (C=O) groups excluding carboxylic acids is 6. The van der Waals surface area contributed by atoms with Crippen LogP contribution in [0.15, 0.2) is 36.4 Å². The summed E-state index contributed by atoms with van der Waals surface area (Å²) in [4.78, 5) is 90.3. The van der Waals surface area contributed by atoms with Gasteiger partial charge >= 0.3 is 29.8 Å². The van der Waals surface area contributed by atoms with E-state index < -0.39 is 84.2 Å². The van der Waals surface area contributed by atoms with E-state index in [1.165, 1.54) is 26.3 Å². The van der Waals surface area contributed by atoms with Crippen LogP contribution < -0.4 is 10.1 Å². The molecule has 15 heteroatoms. The van der Waals surface area contributed by atoms with Crippen LogP contribution in [-0.4, -0.2) is 82.6 Å². The minimum Gasteiger partial charge on any atom is -0.481 e. The van der Waals surface area contributed by atoms with Crippen LogP contribution >= 0.6 is 0 Å². The molecule has 346 valence electrons. The highest BCUT2D eigenvalue weighted by Gasteiger charge is 2.50. The van der Waals surface area contributed by atoms with Crippen molar-refractivity contribution in [3.8, 4) is 17.6 Å². The molecule has 0 aliphatic carbocycles. The highest BCUT2D eigenvalue weighted by Crippen LogP contribution is 2.27. The molecule has 0 radical (unpaired) electrons. The lowest BCUT2D eigenvalue weighted by Gasteiger charge is -2.31. The number of aliphatic carboxylic acids is 1. The average molecular weight is 872 g/mol. The van der Waals surface area contributed by atoms with Crippen LogP contribution in [0.5, 0.6) is 5.75 Å². The first kappa shape index (κ1) is 54.8. The van der Waals surface area contributed by atoms with Gasteiger partial charge in [-0.15, -0.1) is 5.92 Å². The molecule has 0 saturated heterocycles. The summed E-state index contributed by atoms with van der Waals surface area (Å²) in [7, 11) is 0. The number of rotatable bonds is 31. The Balaban J connectivity index is 3.37. The number of hydrogen-bond acceptors (Lipinski definition) is 13. The molecule has 0 saturated carbocycles. The summed E-state index contributed by atoms with van der Waals surface area (Å²) in [6.45, 7) is 12.8. The molecule has 5 atom stereocenters. The zero-order valence-corrected chi connectivity index (χ0v) is 37.8. The molecule has 3 N–H and O–H groups in total. The number of hydrogen-bond donors (Lipinski definition) is 3. The van der Waals surface area contributed by atoms with E-state index >= 15 is 0 Å². The molecular weight excluding hydrogens is 803 g/mol. The van der Waals surface area contributed by atoms with Crippen LogP contribution in [-0.2, 0) is 58.9 Å². The van der Waals surface area contributed by atoms with Gasteiger partial charge in [-0.1, -0.05) is 103 Å². The topological polar surface area (TPSA) is 218 Å². The number of carboxylic acids is 1. The maximum atomic E-state index is 14.2. The van der Waals surface area contributed by atoms with Crippen molar-refractivity contribution in [1.29, 1.82) is 0 Å². The Labute approximate surface area is 367 Å². The minimum absolute atomic E-state index is 0.144. The standard InChI is InChI=1S/C47H69NO14/c1-9-11-13-16-19-22-37(49)23-20-17-14-15-18-21-24-39(47(57,46(55)56)31-41(50)59-34(7)60-43(52)32(3)4)42(51)48-40(45(54)62-35(8)61-44(53)33(5)6)30-36-25-27-38(28-26-36)58-29-12-10-2/h21,24-28,32-35,39-40,57H,9,11,13-20,22-23,29-31H2,1-8H3,(H,48,51)(H,55,56)/b24-21+/t34?,35?,39-,40+,47+/m1/s1. The molecule has 0 fully saturated rings. The van der Waals surface area contributed by atoms with Crippen molar-refractivity contribution in [3.05, 3.63) is 42.0 Å². The van der Waals surface area contributed by atoms with Crippen molar-refractivity contribution in [1.82, 2.24) is 5.32 Å². The summed E-state index contributed by atoms with van der Waals surface area (Å²) in [5, 5.41) is 24.6. The second-order valence-electron chi connectivity index (χ2n) is 15.8. The third-order valence-corrected chi connectivity index (χ3v) is 9.58. The summed E-state index contributed by atoms with van der Waals surface area (Å²) in [5.41, 5.74) is -2.61. The quantitative estimate of drug-likeness (QED) is 0.0226. The lowest BCUT2D eigenvalue weighted by Crippen LogP contribution is -2.56. The van der Waals surface area contributed by atoms with Gasteiger partial charge in [0.2, 0.25) is 18.5 Å². The Morgan fingerprint density at radius 2 is 1.27 bits per heavy atom. The molecule has 0 spiro atoms. The Hall–Kier alpha value is -5.23. The fraction of sp³-hybridized carbons (Fsp3) is 0.638. The summed E-state index contributed by atoms with van der Waals surface area (Å²) in [6, 6.07) is 4.98. The Morgan fingerprint density at radius 1 is 0.742 bits per heavy atom. The molecule has 0 aromatic heterocycles. The summed E-state index contributed by atoms with van der Waals surface area (Å²) >= 11 is 0. The van der Waals surface area contributed by atoms with E-state index in [0.717, 1.165) is 51.0 Å². The van der Waals surface area contributed by atoms with Crippen molar-refractivity contribution in [2.45, 2.75) is 170 Å². The number of ether oxygens (including phenoxy) is 5. The molecule has 0 heterocycles. The number of carboxylic acid groups (broad SMARTS) is 1. The molecule has 0 bridgehead atoms. The van der Waals surface area contributed by atoms with Gasteiger partial charge in [0.05, 0.1) is 24.2 Å². The van der Waals surface area contributed by atoms with Gasteiger partial charge in [-0.3, -0.25) is 24.0 Å². The first-order valence-electron chi connectivity index (χ1n) is 21.7. The number of aliphatic hydroxyl groups is 1. The number of unbranched alkanes of at least 4 members (excludes halogenated alkanes) is 8. The molecule has 1 aromatic carbocycles. The maximum Gasteiger partial charge on any atom is 0.337 e. The minimum atomic E-state index is -3.12. The summed E-state index contributed by atoms with van der Waals surface area (Å²) < 4.78 is 26.3. The van der Waals surface area contributed by atoms with Crippen LogP contribution in [0.1, 0.15) is 144 Å². The van der Waals surface area contributed by atoms with E-state index in [4.69, 9.17) is 23.7 Å². The predicted octanol–water partition coefficient (Wildman–Crippen LogP) is 6.94. The third kappa shape index (κ3) is 22.0. The highest BCUT2D eigenvalue weighted by atomic mass is 16.7. The lowest BCUT2D eigenvalue weighted by molar-refractivity contribution is -0.194. The van der Waals surface area contributed by atoms with E-state index in [0.29, 0.717) is 37.0 Å². The summed E-state index contributed by atoms with van der Waals surface area (Å²) in [6.07, 6.45) is 8.06. The molecule has 1 rings (SSSR count). The van der Waals surface area contributed by atoms with E-state index in [1.54, 1.807) is 58.9 Å². The molecule has 1 amide bonds. The number of nitrogens with one attached hydrogen (secondary N) is 1. The molecule has 0 aliphatic heterocycles. The number of Topliss-reactive ketones (excluding diaryl/α,β-unsaturated/α-hetero) is 1. The van der Waals surface area contributed by atoms with Gasteiger partial charge < -0.3 is 39.2 Å². The SMILES string of the molecule is CC#CCOc1ccc(C[C@H](NC(=O)[C@@H](/C=C/CCCCCCC(=O)CCCCCCC)[C@@](O)(CC(=O)OC(C)OC(=O)C(C)C)C(=O)O)C(=O)OC(C)OC(=O)C(C)C)cc1. The van der Waals surface area contributed by atoms with Gasteiger partial charge in [0, 0.05) is 33.1 Å². The molecule has 62 heavy (non-hydrogen) atoms. The largest absolute Gasteiger partial charge is 0.481 e. The van der Waals surface area contributed by atoms with Gasteiger partial charge in [-0.05, 0) is 50.3 Å². The van der Waals surface area contributed by atoms with Crippen molar-refractivity contribution in [2.75, 3.05) is 6.61 Å². The van der Waals surface area contributed by atoms with Crippen LogP contribution in [0.3, 0.4) is 0 Å². The summed E-state index contributed by atoms with van der Waals surface area (Å²) in [5.74, 6) is -3.62. The van der Waals surface area contributed by atoms with Crippen LogP contribution in [0.2, 0.25) is 0 Å². The molecular formula is C47H69NO14. The van der Waals surface area contributed by atoms with Crippen LogP contribution in [0.4, 0.5) is 0 Å². The fourth-order valence-corrected chi connectivity index (χ4v) is 5.95. The molecule has 1 aromatic rings. The van der Waals surface area contributed by atoms with Crippen molar-refractivity contribution >= 4 is 41.5 Å². The molecule has 2 unspecified atom stereocenters. The van der Waals surface area contributed by atoms with Gasteiger partial charge in [0.15, 0.2) is 5.60 Å². The molecule has 0 aliphatic rings. The average Bonchev–Trinajstić information content (AvgIpc) is 3.20. The first-order chi connectivity index (χ1) is 29.3. The predicted molar refractivity (Wildman–Crippen MR) is 230 cm³/mol. The maximum absolute atomic E-state index is 14.2. The fourth-order valence-electron chi connectivity index (χ4n) is 5.95. The number of esters is 4. The third-order valence-electron chi connectivity index (χ3n) is 9.58. The van der Waals surface area contributed by atoms with Crippen LogP contribution in [0, 0.1) is 29.6 Å². The Bertz CT molecular complexity index is 1670. The Morgan fingerprint density at radius 3 is 1.81 bits per heavy atom. The molecule has 15 nitrogen and oxygen atoms in total. The van der Waals surface area contributed by atoms with Crippen molar-refractivity contribution in [2.24, 2.45) is 17.8 Å². The first-order valence-corrected chi connectivity index (χ1v) is 21.7. The highest BCUT2D eigenvalue weighted by molar-refractivity contribution is 5.95. The van der Waals surface area contributed by atoms with Crippen molar-refractivity contribution in [3.63, 3.8) is 0 Å². The normalized spacial score (nSPS) is 14.0. The van der Waals surface area contributed by atoms with Gasteiger partial charge in [0.25, 0.3) is 0 Å². The second-order valence-corrected chi connectivity index (χ2v) is 15.8. The van der Waals surface area contributed by atoms with Gasteiger partial charge in [0.1, 0.15) is 24.2 Å². The lowest BCUT2D eigenvalue weighted by atomic mass is 9.82. The Kier molecular flexibility index (Phi) is 26.4. The number of carbonyl (C=O) groups is 7. The van der Waals surface area contributed by atoms with E-state index in [2.05, 4.69) is 24.1 Å². The van der Waals surface area contributed by atoms with Gasteiger partial charge in [-0.2, -0.15) is 0 Å². The van der Waals surface area contributed by atoms with Crippen LogP contribution in [0.25, 0.3) is 0 Å². The number of benzene rings is 1. The van der Waals surface area contributed by atoms with E-state index in [1.807, 2.05) is 0 Å². The second kappa shape index (κ2) is 29.9. The number of amides is 1. The van der Waals surface area contributed by atoms with Gasteiger partial charge in [-0.25, -0.2) is 9.59 Å². The monoisotopic (exact) mass is 871 g/mol. The zero-order chi connectivity index (χ0) is 46.7. The van der Waals surface area contributed by atoms with E-state index in [-0.39, 0.29) is 18.8 Å². The number of allylic oxidation sites excluding steroid dienone is 1. The zero-order valence-electron chi connectivity index (χ0n) is 37.8. The van der Waals surface area contributed by atoms with Crippen molar-refractivity contribution < 1.29 is 67.5 Å². The van der Waals surface area contributed by atoms with E-state index in [9.17, 15) is 43.8 Å².